The van der Waals surface area contributed by atoms with E-state index in [0.29, 0.717) is 12.0 Å². The van der Waals surface area contributed by atoms with Crippen LogP contribution in [0.4, 0.5) is 0 Å². The molecule has 45 heavy (non-hydrogen) atoms. The first-order valence-corrected chi connectivity index (χ1v) is 18.1. The van der Waals surface area contributed by atoms with Gasteiger partial charge in [0.05, 0.1) is 26.2 Å². The maximum absolute atomic E-state index is 11.9. The Balaban J connectivity index is 0.000000472. The number of carbonyl (C=O) groups is 2. The first-order valence-electron chi connectivity index (χ1n) is 18.1. The molecule has 2 aromatic carbocycles. The summed E-state index contributed by atoms with van der Waals surface area (Å²) in [6.45, 7) is 6.88. The van der Waals surface area contributed by atoms with Crippen LogP contribution in [0.15, 0.2) is 48.5 Å². The molecule has 0 bridgehead atoms. The summed E-state index contributed by atoms with van der Waals surface area (Å²) < 4.78 is 1.11. The van der Waals surface area contributed by atoms with Crippen LogP contribution >= 0.6 is 0 Å². The molecule has 0 atom stereocenters. The Bertz CT molecular complexity index is 1030. The van der Waals surface area contributed by atoms with E-state index in [4.69, 9.17) is 5.11 Å². The van der Waals surface area contributed by atoms with Crippen LogP contribution in [0.3, 0.4) is 0 Å². The fraction of sp³-hybridized carbons (Fsp3) is 0.650. The predicted octanol–water partition coefficient (Wildman–Crippen LogP) is 10.7. The molecule has 0 aromatic heterocycles. The third kappa shape index (κ3) is 20.9. The van der Waals surface area contributed by atoms with Gasteiger partial charge in [0.15, 0.2) is 5.78 Å². The highest BCUT2D eigenvalue weighted by atomic mass is 16.4. The van der Waals surface area contributed by atoms with Crippen molar-refractivity contribution in [3.05, 3.63) is 65.2 Å². The van der Waals surface area contributed by atoms with Crippen LogP contribution in [0.1, 0.15) is 169 Å². The summed E-state index contributed by atoms with van der Waals surface area (Å²) in [4.78, 5) is 22.7. The van der Waals surface area contributed by atoms with Crippen molar-refractivity contribution in [3.8, 4) is 5.75 Å². The van der Waals surface area contributed by atoms with Crippen LogP contribution in [-0.4, -0.2) is 42.0 Å². The standard InChI is InChI=1S/C25H46N.C15H20O4/c1-4-5-6-7-8-9-10-11-12-13-14-15-16-20-23-26(2,3)24-25-21-18-17-19-22-25;1-2-3-4-5-6-7-13(16)11-8-9-14(17)12(10-11)15(18)19/h17-19,21-22H,4-16,20,23-24H2,1-3H3;8-10,17H,2-7H2,1H3,(H,18,19)/q+1;/p-1. The van der Waals surface area contributed by atoms with Gasteiger partial charge in [-0.2, -0.15) is 0 Å². The molecule has 0 aliphatic heterocycles. The molecule has 0 radical (unpaired) electrons. The van der Waals surface area contributed by atoms with E-state index < -0.39 is 11.7 Å². The number of hydrogen-bond acceptors (Lipinski definition) is 3. The number of hydrogen-bond donors (Lipinski definition) is 1. The second kappa shape index (κ2) is 25.5. The number of carboxylic acids is 1. The highest BCUT2D eigenvalue weighted by Crippen LogP contribution is 2.18. The summed E-state index contributed by atoms with van der Waals surface area (Å²) in [5.41, 5.74) is 1.44. The van der Waals surface area contributed by atoms with E-state index in [-0.39, 0.29) is 11.3 Å². The lowest BCUT2D eigenvalue weighted by Gasteiger charge is -2.30. The number of aromatic carboxylic acids is 1. The maximum atomic E-state index is 11.9. The minimum absolute atomic E-state index is 0.0981. The summed E-state index contributed by atoms with van der Waals surface area (Å²) in [5, 5.41) is 20.1. The number of ketones is 1. The van der Waals surface area contributed by atoms with E-state index in [1.807, 2.05) is 0 Å². The number of Topliss-reactive ketones (excluding diaryl/α,β-unsaturated/α-hetero) is 1. The van der Waals surface area contributed by atoms with Crippen LogP contribution < -0.4 is 5.11 Å². The van der Waals surface area contributed by atoms with Gasteiger partial charge in [-0.05, 0) is 25.3 Å². The van der Waals surface area contributed by atoms with Gasteiger partial charge in [-0.1, -0.05) is 165 Å². The molecule has 0 spiro atoms. The van der Waals surface area contributed by atoms with Crippen LogP contribution in [0.2, 0.25) is 0 Å². The molecule has 5 nitrogen and oxygen atoms in total. The lowest BCUT2D eigenvalue weighted by Crippen LogP contribution is -2.39. The van der Waals surface area contributed by atoms with Crippen LogP contribution in [0.5, 0.6) is 5.75 Å². The monoisotopic (exact) mass is 623 g/mol. The Kier molecular flexibility index (Phi) is 22.9. The molecule has 2 rings (SSSR count). The average Bonchev–Trinajstić information content (AvgIpc) is 3.01. The van der Waals surface area contributed by atoms with E-state index in [1.165, 1.54) is 121 Å². The summed E-state index contributed by atoms with van der Waals surface area (Å²) >= 11 is 0. The molecular formula is C40H65NO4. The predicted molar refractivity (Wildman–Crippen MR) is 188 cm³/mol. The zero-order valence-corrected chi connectivity index (χ0v) is 29.3. The third-order valence-corrected chi connectivity index (χ3v) is 8.61. The average molecular weight is 624 g/mol. The van der Waals surface area contributed by atoms with Gasteiger partial charge in [0, 0.05) is 17.5 Å². The van der Waals surface area contributed by atoms with Gasteiger partial charge in [0.1, 0.15) is 6.54 Å². The van der Waals surface area contributed by atoms with Crippen molar-refractivity contribution in [2.45, 2.75) is 149 Å². The van der Waals surface area contributed by atoms with Crippen molar-refractivity contribution in [2.75, 3.05) is 20.6 Å². The quantitative estimate of drug-likeness (QED) is 0.0678. The first kappa shape index (κ1) is 40.4. The van der Waals surface area contributed by atoms with Gasteiger partial charge in [-0.3, -0.25) is 4.79 Å². The number of nitrogens with zero attached hydrogens (tertiary/aromatic N) is 1. The highest BCUT2D eigenvalue weighted by Gasteiger charge is 2.15. The topological polar surface area (TPSA) is 77.4 Å². The second-order valence-corrected chi connectivity index (χ2v) is 13.5. The molecule has 5 heteroatoms. The first-order chi connectivity index (χ1) is 21.7. The van der Waals surface area contributed by atoms with Crippen molar-refractivity contribution in [1.82, 2.24) is 0 Å². The largest absolute Gasteiger partial charge is 0.872 e. The SMILES string of the molecule is CCCCCCCC(=O)c1ccc([O-])c(C(=O)O)c1.CCCCCCCCCCCCCCCC[N+](C)(C)Cc1ccccc1. The molecule has 0 unspecified atom stereocenters. The van der Waals surface area contributed by atoms with Crippen molar-refractivity contribution in [1.29, 1.82) is 0 Å². The number of carboxylic acid groups (broad SMARTS) is 1. The fourth-order valence-corrected chi connectivity index (χ4v) is 5.80. The second-order valence-electron chi connectivity index (χ2n) is 13.5. The number of benzene rings is 2. The van der Waals surface area contributed by atoms with Gasteiger partial charge < -0.3 is 14.7 Å². The smallest absolute Gasteiger partial charge is 0.335 e. The minimum Gasteiger partial charge on any atom is -0.872 e. The fourth-order valence-electron chi connectivity index (χ4n) is 5.80. The van der Waals surface area contributed by atoms with Crippen molar-refractivity contribution >= 4 is 11.8 Å². The van der Waals surface area contributed by atoms with Gasteiger partial charge in [0.2, 0.25) is 0 Å². The normalized spacial score (nSPS) is 11.2. The van der Waals surface area contributed by atoms with E-state index in [9.17, 15) is 14.7 Å². The Morgan fingerprint density at radius 1 is 0.644 bits per heavy atom. The molecule has 2 aromatic rings. The van der Waals surface area contributed by atoms with Crippen LogP contribution in [0, 0.1) is 0 Å². The molecule has 254 valence electrons. The van der Waals surface area contributed by atoms with E-state index in [1.54, 1.807) is 0 Å². The number of carbonyl (C=O) groups excluding carboxylic acids is 1. The molecule has 0 amide bonds. The van der Waals surface area contributed by atoms with Gasteiger partial charge in [-0.15, -0.1) is 0 Å². The lowest BCUT2D eigenvalue weighted by atomic mass is 10.0. The van der Waals surface area contributed by atoms with Crippen LogP contribution in [0.25, 0.3) is 0 Å². The van der Waals surface area contributed by atoms with Crippen LogP contribution in [-0.2, 0) is 6.54 Å². The molecular weight excluding hydrogens is 558 g/mol. The summed E-state index contributed by atoms with van der Waals surface area (Å²) in [5.74, 6) is -1.95. The highest BCUT2D eigenvalue weighted by molar-refractivity contribution is 5.99. The molecule has 0 aliphatic rings. The number of rotatable bonds is 25. The number of quaternary nitrogens is 1. The summed E-state index contributed by atoms with van der Waals surface area (Å²) in [7, 11) is 4.74. The lowest BCUT2D eigenvalue weighted by molar-refractivity contribution is -0.903. The Labute approximate surface area is 276 Å². The van der Waals surface area contributed by atoms with Gasteiger partial charge >= 0.3 is 5.97 Å². The number of unbranched alkanes of at least 4 members (excludes halogenated alkanes) is 17. The minimum atomic E-state index is -1.29. The van der Waals surface area contributed by atoms with E-state index in [2.05, 4.69) is 58.3 Å². The van der Waals surface area contributed by atoms with E-state index >= 15 is 0 Å². The van der Waals surface area contributed by atoms with Gasteiger partial charge in [-0.25, -0.2) is 4.79 Å². The molecule has 0 saturated heterocycles. The summed E-state index contributed by atoms with van der Waals surface area (Å²) in [6.07, 6.45) is 25.8. The Morgan fingerprint density at radius 3 is 1.60 bits per heavy atom. The zero-order valence-electron chi connectivity index (χ0n) is 29.3. The van der Waals surface area contributed by atoms with Crippen molar-refractivity contribution in [2.24, 2.45) is 0 Å². The Morgan fingerprint density at radius 2 is 1.11 bits per heavy atom. The molecule has 0 fully saturated rings. The maximum Gasteiger partial charge on any atom is 0.335 e. The van der Waals surface area contributed by atoms with E-state index in [0.717, 1.165) is 42.8 Å². The van der Waals surface area contributed by atoms with Crippen molar-refractivity contribution in [3.63, 3.8) is 0 Å². The Hall–Kier alpha value is -2.66. The van der Waals surface area contributed by atoms with Crippen molar-refractivity contribution < 1.29 is 24.3 Å². The third-order valence-electron chi connectivity index (χ3n) is 8.61. The zero-order chi connectivity index (χ0) is 33.2. The van der Waals surface area contributed by atoms with Gasteiger partial charge in [0.25, 0.3) is 0 Å². The summed E-state index contributed by atoms with van der Waals surface area (Å²) in [6, 6.07) is 14.7. The molecule has 0 heterocycles. The molecule has 0 saturated carbocycles. The molecule has 1 N–H and O–H groups in total. The molecule has 0 aliphatic carbocycles.